The molecule has 0 fully saturated rings. The Balaban J connectivity index is 1.68. The van der Waals surface area contributed by atoms with Crippen LogP contribution in [0.1, 0.15) is 49.3 Å². The first-order chi connectivity index (χ1) is 13.5. The van der Waals surface area contributed by atoms with Crippen LogP contribution in [0.5, 0.6) is 11.5 Å². The summed E-state index contributed by atoms with van der Waals surface area (Å²) in [6.45, 7) is 7.04. The average Bonchev–Trinajstić information content (AvgIpc) is 2.70. The molecule has 2 aromatic carbocycles. The van der Waals surface area contributed by atoms with E-state index in [1.807, 2.05) is 12.1 Å². The topological polar surface area (TPSA) is 47.7 Å². The van der Waals surface area contributed by atoms with Gasteiger partial charge >= 0.3 is 0 Å². The number of nitrogens with two attached hydrogens (primary N) is 1. The number of likely N-dealkylation sites (N-methyl/N-ethyl adjacent to an activating group) is 1. The molecule has 0 radical (unpaired) electrons. The molecule has 0 saturated carbocycles. The SMILES string of the molecule is COc1ccc(C2CN(C)Cc3cc(OCCCC(N)C(C)C)ccc32)cc1. The number of fused-ring (bicyclic) bond motifs is 1. The van der Waals surface area contributed by atoms with Gasteiger partial charge in [0.15, 0.2) is 0 Å². The largest absolute Gasteiger partial charge is 0.497 e. The summed E-state index contributed by atoms with van der Waals surface area (Å²) in [7, 11) is 3.89. The summed E-state index contributed by atoms with van der Waals surface area (Å²) in [6.07, 6.45) is 2.00. The van der Waals surface area contributed by atoms with E-state index in [-0.39, 0.29) is 6.04 Å². The third kappa shape index (κ3) is 5.06. The highest BCUT2D eigenvalue weighted by atomic mass is 16.5. The summed E-state index contributed by atoms with van der Waals surface area (Å²) in [5.41, 5.74) is 10.2. The van der Waals surface area contributed by atoms with Crippen molar-refractivity contribution in [2.24, 2.45) is 11.7 Å². The van der Waals surface area contributed by atoms with Gasteiger partial charge in [-0.25, -0.2) is 0 Å². The maximum atomic E-state index is 6.12. The molecule has 28 heavy (non-hydrogen) atoms. The molecular formula is C24H34N2O2. The first-order valence-electron chi connectivity index (χ1n) is 10.3. The van der Waals surface area contributed by atoms with Gasteiger partial charge in [-0.2, -0.15) is 0 Å². The maximum absolute atomic E-state index is 6.12. The van der Waals surface area contributed by atoms with E-state index in [9.17, 15) is 0 Å². The molecule has 0 aromatic heterocycles. The van der Waals surface area contributed by atoms with E-state index < -0.39 is 0 Å². The van der Waals surface area contributed by atoms with Gasteiger partial charge in [0.2, 0.25) is 0 Å². The van der Waals surface area contributed by atoms with E-state index in [0.717, 1.165) is 44.0 Å². The molecule has 152 valence electrons. The minimum Gasteiger partial charge on any atom is -0.497 e. The zero-order chi connectivity index (χ0) is 20.1. The van der Waals surface area contributed by atoms with Gasteiger partial charge in [0.05, 0.1) is 13.7 Å². The van der Waals surface area contributed by atoms with Gasteiger partial charge in [0, 0.05) is 25.0 Å². The number of hydrogen-bond donors (Lipinski definition) is 1. The van der Waals surface area contributed by atoms with Crippen LogP contribution in [0.3, 0.4) is 0 Å². The van der Waals surface area contributed by atoms with E-state index >= 15 is 0 Å². The fourth-order valence-corrected chi connectivity index (χ4v) is 3.88. The lowest BCUT2D eigenvalue weighted by Gasteiger charge is -2.33. The van der Waals surface area contributed by atoms with Gasteiger partial charge in [0.25, 0.3) is 0 Å². The zero-order valence-electron chi connectivity index (χ0n) is 17.7. The highest BCUT2D eigenvalue weighted by Crippen LogP contribution is 2.35. The third-order valence-corrected chi connectivity index (χ3v) is 5.75. The van der Waals surface area contributed by atoms with Crippen LogP contribution < -0.4 is 15.2 Å². The molecule has 0 amide bonds. The first-order valence-corrected chi connectivity index (χ1v) is 10.3. The summed E-state index contributed by atoms with van der Waals surface area (Å²) >= 11 is 0. The highest BCUT2D eigenvalue weighted by molar-refractivity contribution is 5.45. The van der Waals surface area contributed by atoms with Crippen molar-refractivity contribution in [3.63, 3.8) is 0 Å². The van der Waals surface area contributed by atoms with Gasteiger partial charge in [-0.3, -0.25) is 0 Å². The monoisotopic (exact) mass is 382 g/mol. The van der Waals surface area contributed by atoms with Crippen LogP contribution in [-0.4, -0.2) is 38.3 Å². The fraction of sp³-hybridized carbons (Fsp3) is 0.500. The Morgan fingerprint density at radius 3 is 2.50 bits per heavy atom. The van der Waals surface area contributed by atoms with Gasteiger partial charge < -0.3 is 20.1 Å². The summed E-state index contributed by atoms with van der Waals surface area (Å²) in [4.78, 5) is 2.38. The molecule has 1 heterocycles. The Morgan fingerprint density at radius 1 is 1.11 bits per heavy atom. The van der Waals surface area contributed by atoms with Crippen LogP contribution in [0.25, 0.3) is 0 Å². The summed E-state index contributed by atoms with van der Waals surface area (Å²) in [5, 5.41) is 0. The van der Waals surface area contributed by atoms with Crippen LogP contribution in [0.4, 0.5) is 0 Å². The number of methoxy groups -OCH3 is 1. The zero-order valence-corrected chi connectivity index (χ0v) is 17.7. The average molecular weight is 383 g/mol. The highest BCUT2D eigenvalue weighted by Gasteiger charge is 2.25. The molecule has 0 aliphatic carbocycles. The van der Waals surface area contributed by atoms with Crippen LogP contribution in [0, 0.1) is 5.92 Å². The molecule has 1 aliphatic heterocycles. The Kier molecular flexibility index (Phi) is 6.97. The molecule has 3 rings (SSSR count). The second-order valence-electron chi connectivity index (χ2n) is 8.28. The van der Waals surface area contributed by atoms with E-state index in [0.29, 0.717) is 11.8 Å². The number of benzene rings is 2. The van der Waals surface area contributed by atoms with Gasteiger partial charge in [0.1, 0.15) is 11.5 Å². The molecule has 2 aromatic rings. The summed E-state index contributed by atoms with van der Waals surface area (Å²) in [6, 6.07) is 15.3. The number of rotatable bonds is 8. The normalized spacial score (nSPS) is 18.0. The van der Waals surface area contributed by atoms with E-state index in [4.69, 9.17) is 15.2 Å². The van der Waals surface area contributed by atoms with Gasteiger partial charge in [-0.15, -0.1) is 0 Å². The fourth-order valence-electron chi connectivity index (χ4n) is 3.88. The Morgan fingerprint density at radius 2 is 1.82 bits per heavy atom. The lowest BCUT2D eigenvalue weighted by molar-refractivity contribution is 0.284. The molecule has 0 saturated heterocycles. The lowest BCUT2D eigenvalue weighted by atomic mass is 9.84. The molecule has 2 unspecified atom stereocenters. The van der Waals surface area contributed by atoms with Crippen LogP contribution in [0.2, 0.25) is 0 Å². The van der Waals surface area contributed by atoms with Crippen molar-refractivity contribution in [3.05, 3.63) is 59.2 Å². The predicted octanol–water partition coefficient (Wildman–Crippen LogP) is 4.41. The molecule has 2 N–H and O–H groups in total. The van der Waals surface area contributed by atoms with Gasteiger partial charge in [-0.1, -0.05) is 32.0 Å². The van der Waals surface area contributed by atoms with Crippen LogP contribution in [-0.2, 0) is 6.54 Å². The quantitative estimate of drug-likeness (QED) is 0.687. The molecule has 0 spiro atoms. The van der Waals surface area contributed by atoms with Crippen molar-refractivity contribution in [1.82, 2.24) is 4.90 Å². The summed E-state index contributed by atoms with van der Waals surface area (Å²) in [5.74, 6) is 2.75. The van der Waals surface area contributed by atoms with Crippen LogP contribution >= 0.6 is 0 Å². The second-order valence-corrected chi connectivity index (χ2v) is 8.28. The van der Waals surface area contributed by atoms with Gasteiger partial charge in [-0.05, 0) is 66.8 Å². The van der Waals surface area contributed by atoms with Crippen molar-refractivity contribution in [1.29, 1.82) is 0 Å². The molecular weight excluding hydrogens is 348 g/mol. The first kappa shape index (κ1) is 20.7. The number of hydrogen-bond acceptors (Lipinski definition) is 4. The Labute approximate surface area is 169 Å². The molecule has 0 bridgehead atoms. The van der Waals surface area contributed by atoms with E-state index in [1.165, 1.54) is 16.7 Å². The molecule has 4 heteroatoms. The molecule has 4 nitrogen and oxygen atoms in total. The Hall–Kier alpha value is -2.04. The van der Waals surface area contributed by atoms with Crippen molar-refractivity contribution in [2.75, 3.05) is 27.3 Å². The minimum atomic E-state index is 0.256. The van der Waals surface area contributed by atoms with Crippen molar-refractivity contribution < 1.29 is 9.47 Å². The van der Waals surface area contributed by atoms with Crippen molar-refractivity contribution >= 4 is 0 Å². The lowest BCUT2D eigenvalue weighted by Crippen LogP contribution is -2.31. The molecule has 1 aliphatic rings. The minimum absolute atomic E-state index is 0.256. The maximum Gasteiger partial charge on any atom is 0.119 e. The summed E-state index contributed by atoms with van der Waals surface area (Å²) < 4.78 is 11.3. The second kappa shape index (κ2) is 9.44. The van der Waals surface area contributed by atoms with E-state index in [2.05, 4.69) is 56.1 Å². The van der Waals surface area contributed by atoms with Crippen LogP contribution in [0.15, 0.2) is 42.5 Å². The predicted molar refractivity (Wildman–Crippen MR) is 115 cm³/mol. The Bertz CT molecular complexity index is 758. The van der Waals surface area contributed by atoms with E-state index in [1.54, 1.807) is 7.11 Å². The third-order valence-electron chi connectivity index (χ3n) is 5.75. The van der Waals surface area contributed by atoms with Crippen molar-refractivity contribution in [2.45, 2.75) is 45.2 Å². The van der Waals surface area contributed by atoms with Crippen molar-refractivity contribution in [3.8, 4) is 11.5 Å². The smallest absolute Gasteiger partial charge is 0.119 e. The standard InChI is InChI=1S/C24H34N2O2/c1-17(2)24(25)6-5-13-28-21-11-12-22-19(14-21)15-26(3)16-23(22)18-7-9-20(27-4)10-8-18/h7-12,14,17,23-24H,5-6,13,15-16,25H2,1-4H3. The molecule has 2 atom stereocenters. The number of nitrogens with zero attached hydrogens (tertiary/aromatic N) is 1. The number of ether oxygens (including phenoxy) is 2.